The van der Waals surface area contributed by atoms with Crippen molar-refractivity contribution in [1.29, 1.82) is 5.26 Å². The fourth-order valence-electron chi connectivity index (χ4n) is 1.84. The van der Waals surface area contributed by atoms with Crippen LogP contribution in [0.4, 0.5) is 11.4 Å². The molecule has 23 heavy (non-hydrogen) atoms. The van der Waals surface area contributed by atoms with Gasteiger partial charge in [0.25, 0.3) is 5.91 Å². The van der Waals surface area contributed by atoms with Gasteiger partial charge in [-0.3, -0.25) is 4.79 Å². The van der Waals surface area contributed by atoms with E-state index in [1.54, 1.807) is 12.1 Å². The second kappa shape index (κ2) is 7.87. The van der Waals surface area contributed by atoms with Gasteiger partial charge in [0.05, 0.1) is 10.7 Å². The minimum atomic E-state index is -0.542. The molecule has 1 amide bonds. The van der Waals surface area contributed by atoms with Crippen LogP contribution in [0.1, 0.15) is 5.56 Å². The van der Waals surface area contributed by atoms with Crippen LogP contribution in [0.2, 0.25) is 5.02 Å². The van der Waals surface area contributed by atoms with E-state index in [-0.39, 0.29) is 5.57 Å². The molecule has 2 rings (SSSR count). The molecule has 6 heteroatoms. The lowest BCUT2D eigenvalue weighted by Gasteiger charge is -2.07. The number of nitrogens with one attached hydrogen (secondary N) is 2. The number of benzene rings is 2. The van der Waals surface area contributed by atoms with Crippen molar-refractivity contribution in [3.63, 3.8) is 0 Å². The Hall–Kier alpha value is -2.97. The number of nitrogens with zero attached hydrogens (tertiary/aromatic N) is 1. The molecular formula is C17H15ClN4O. The van der Waals surface area contributed by atoms with Gasteiger partial charge in [-0.2, -0.15) is 5.26 Å². The number of nitrogens with two attached hydrogens (primary N) is 1. The number of hydrogen-bond donors (Lipinski definition) is 3. The summed E-state index contributed by atoms with van der Waals surface area (Å²) in [5.74, 6) is -0.542. The number of anilines is 2. The molecule has 0 heterocycles. The fraction of sp³-hybridized carbons (Fsp3) is 0.0588. The molecule has 0 aliphatic rings. The highest BCUT2D eigenvalue weighted by Crippen LogP contribution is 2.24. The van der Waals surface area contributed by atoms with Gasteiger partial charge in [-0.15, -0.1) is 0 Å². The third-order valence-corrected chi connectivity index (χ3v) is 3.31. The molecule has 0 saturated carbocycles. The van der Waals surface area contributed by atoms with Gasteiger partial charge in [0.15, 0.2) is 0 Å². The van der Waals surface area contributed by atoms with Crippen LogP contribution >= 0.6 is 11.6 Å². The summed E-state index contributed by atoms with van der Waals surface area (Å²) < 4.78 is 0. The number of carbonyl (C=O) groups excluding carboxylic acids is 1. The summed E-state index contributed by atoms with van der Waals surface area (Å²) in [6.07, 6.45) is 1.38. The number of nitriles is 1. The van der Waals surface area contributed by atoms with Gasteiger partial charge >= 0.3 is 0 Å². The number of carbonyl (C=O) groups is 1. The highest BCUT2D eigenvalue weighted by Gasteiger charge is 2.11. The molecule has 2 aromatic carbocycles. The molecule has 0 fully saturated rings. The first-order chi connectivity index (χ1) is 11.1. The van der Waals surface area contributed by atoms with E-state index in [1.165, 1.54) is 12.3 Å². The molecule has 0 aromatic heterocycles. The molecule has 0 atom stereocenters. The normalized spacial score (nSPS) is 10.7. The smallest absolute Gasteiger partial charge is 0.267 e. The van der Waals surface area contributed by atoms with Crippen molar-refractivity contribution in [1.82, 2.24) is 5.32 Å². The van der Waals surface area contributed by atoms with Crippen LogP contribution in [0, 0.1) is 11.3 Å². The number of rotatable bonds is 5. The number of nitrogen functional groups attached to an aromatic ring is 1. The number of amides is 1. The molecule has 0 radical (unpaired) electrons. The van der Waals surface area contributed by atoms with Crippen LogP contribution in [0.15, 0.2) is 60.3 Å². The molecule has 0 bridgehead atoms. The Morgan fingerprint density at radius 3 is 2.65 bits per heavy atom. The van der Waals surface area contributed by atoms with Crippen molar-refractivity contribution in [3.8, 4) is 6.07 Å². The average Bonchev–Trinajstić information content (AvgIpc) is 2.55. The van der Waals surface area contributed by atoms with E-state index in [2.05, 4.69) is 10.6 Å². The SMILES string of the molecule is N#C/C(=C/NCc1ccccc1)C(=O)Nc1ccc(N)cc1Cl. The highest BCUT2D eigenvalue weighted by molar-refractivity contribution is 6.34. The second-order valence-electron chi connectivity index (χ2n) is 4.73. The standard InChI is InChI=1S/C17H15ClN4O/c18-15-8-14(20)6-7-16(15)22-17(23)13(9-19)11-21-10-12-4-2-1-3-5-12/h1-8,11,21H,10,20H2,(H,22,23)/b13-11-. The Labute approximate surface area is 139 Å². The lowest BCUT2D eigenvalue weighted by atomic mass is 10.2. The van der Waals surface area contributed by atoms with E-state index in [9.17, 15) is 4.79 Å². The van der Waals surface area contributed by atoms with E-state index in [0.29, 0.717) is 22.9 Å². The van der Waals surface area contributed by atoms with Crippen LogP contribution in [-0.4, -0.2) is 5.91 Å². The predicted octanol–water partition coefficient (Wildman–Crippen LogP) is 3.06. The topological polar surface area (TPSA) is 90.9 Å². The first kappa shape index (κ1) is 16.4. The molecule has 0 saturated heterocycles. The molecule has 116 valence electrons. The van der Waals surface area contributed by atoms with E-state index in [1.807, 2.05) is 36.4 Å². The molecule has 0 spiro atoms. The Balaban J connectivity index is 2.00. The van der Waals surface area contributed by atoms with E-state index >= 15 is 0 Å². The van der Waals surface area contributed by atoms with E-state index in [4.69, 9.17) is 22.6 Å². The lowest BCUT2D eigenvalue weighted by molar-refractivity contribution is -0.112. The maximum Gasteiger partial charge on any atom is 0.267 e. The van der Waals surface area contributed by atoms with Gasteiger partial charge in [0.2, 0.25) is 0 Å². The number of halogens is 1. The van der Waals surface area contributed by atoms with Crippen molar-refractivity contribution >= 4 is 28.9 Å². The first-order valence-electron chi connectivity index (χ1n) is 6.84. The monoisotopic (exact) mass is 326 g/mol. The largest absolute Gasteiger partial charge is 0.399 e. The molecule has 0 aliphatic carbocycles. The minimum Gasteiger partial charge on any atom is -0.399 e. The quantitative estimate of drug-likeness (QED) is 0.447. The van der Waals surface area contributed by atoms with Gasteiger partial charge in [-0.1, -0.05) is 41.9 Å². The Bertz CT molecular complexity index is 766. The van der Waals surface area contributed by atoms with E-state index < -0.39 is 5.91 Å². The number of hydrogen-bond acceptors (Lipinski definition) is 4. The van der Waals surface area contributed by atoms with Crippen molar-refractivity contribution in [2.24, 2.45) is 0 Å². The van der Waals surface area contributed by atoms with Crippen molar-refractivity contribution in [2.45, 2.75) is 6.54 Å². The maximum atomic E-state index is 12.1. The third kappa shape index (κ3) is 4.77. The molecular weight excluding hydrogens is 312 g/mol. The molecule has 0 aliphatic heterocycles. The Kier molecular flexibility index (Phi) is 5.61. The van der Waals surface area contributed by atoms with Crippen LogP contribution in [0.5, 0.6) is 0 Å². The van der Waals surface area contributed by atoms with Gasteiger partial charge in [-0.25, -0.2) is 0 Å². The zero-order valence-corrected chi connectivity index (χ0v) is 13.0. The fourth-order valence-corrected chi connectivity index (χ4v) is 2.07. The van der Waals surface area contributed by atoms with Gasteiger partial charge in [-0.05, 0) is 23.8 Å². The minimum absolute atomic E-state index is 0.0474. The summed E-state index contributed by atoms with van der Waals surface area (Å²) in [7, 11) is 0. The maximum absolute atomic E-state index is 12.1. The average molecular weight is 327 g/mol. The van der Waals surface area contributed by atoms with Crippen molar-refractivity contribution in [2.75, 3.05) is 11.1 Å². The summed E-state index contributed by atoms with van der Waals surface area (Å²) in [5.41, 5.74) is 7.48. The molecule has 2 aromatic rings. The summed E-state index contributed by atoms with van der Waals surface area (Å²) in [6.45, 7) is 0.516. The zero-order valence-electron chi connectivity index (χ0n) is 12.2. The van der Waals surface area contributed by atoms with Crippen molar-refractivity contribution < 1.29 is 4.79 Å². The van der Waals surface area contributed by atoms with Gasteiger partial charge in [0, 0.05) is 18.4 Å². The second-order valence-corrected chi connectivity index (χ2v) is 5.14. The first-order valence-corrected chi connectivity index (χ1v) is 7.22. The van der Waals surface area contributed by atoms with Crippen molar-refractivity contribution in [3.05, 3.63) is 70.9 Å². The summed E-state index contributed by atoms with van der Waals surface area (Å²) in [5, 5.41) is 15.0. The third-order valence-electron chi connectivity index (χ3n) is 3.00. The summed E-state index contributed by atoms with van der Waals surface area (Å²) in [4.78, 5) is 12.1. The lowest BCUT2D eigenvalue weighted by Crippen LogP contribution is -2.17. The Morgan fingerprint density at radius 2 is 2.00 bits per heavy atom. The summed E-state index contributed by atoms with van der Waals surface area (Å²) >= 11 is 5.99. The Morgan fingerprint density at radius 1 is 1.26 bits per heavy atom. The highest BCUT2D eigenvalue weighted by atomic mass is 35.5. The van der Waals surface area contributed by atoms with Gasteiger partial charge in [0.1, 0.15) is 11.6 Å². The zero-order chi connectivity index (χ0) is 16.7. The van der Waals surface area contributed by atoms with E-state index in [0.717, 1.165) is 5.56 Å². The van der Waals surface area contributed by atoms with Gasteiger partial charge < -0.3 is 16.4 Å². The van der Waals surface area contributed by atoms with Crippen LogP contribution in [0.25, 0.3) is 0 Å². The predicted molar refractivity (Wildman–Crippen MR) is 91.5 cm³/mol. The summed E-state index contributed by atoms with van der Waals surface area (Å²) in [6, 6.07) is 16.2. The molecule has 0 unspecified atom stereocenters. The van der Waals surface area contributed by atoms with Crippen LogP contribution in [0.3, 0.4) is 0 Å². The van der Waals surface area contributed by atoms with Crippen LogP contribution < -0.4 is 16.4 Å². The molecule has 4 N–H and O–H groups in total. The van der Waals surface area contributed by atoms with Crippen LogP contribution in [-0.2, 0) is 11.3 Å². The molecule has 5 nitrogen and oxygen atoms in total.